The molecule has 1 heterocycles. The first-order chi connectivity index (χ1) is 5.18. The van der Waals surface area contributed by atoms with E-state index in [4.69, 9.17) is 5.11 Å². The lowest BCUT2D eigenvalue weighted by Crippen LogP contribution is -2.02. The van der Waals surface area contributed by atoms with Crippen LogP contribution >= 0.6 is 11.8 Å². The monoisotopic (exact) mass is 174 g/mol. The molecule has 1 atom stereocenters. The van der Waals surface area contributed by atoms with Crippen LogP contribution in [0.5, 0.6) is 0 Å². The number of hydrogen-bond acceptors (Lipinski definition) is 3. The van der Waals surface area contributed by atoms with E-state index in [2.05, 4.69) is 0 Å². The predicted octanol–water partition coefficient (Wildman–Crippen LogP) is 1.27. The Morgan fingerprint density at radius 3 is 2.91 bits per heavy atom. The Morgan fingerprint density at radius 2 is 2.45 bits per heavy atom. The summed E-state index contributed by atoms with van der Waals surface area (Å²) in [5.41, 5.74) is 0. The summed E-state index contributed by atoms with van der Waals surface area (Å²) in [6.07, 6.45) is 2.29. The number of hydrogen-bond donors (Lipinski definition) is 1. The van der Waals surface area contributed by atoms with Gasteiger partial charge in [0.15, 0.2) is 5.12 Å². The van der Waals surface area contributed by atoms with Crippen molar-refractivity contribution in [2.75, 3.05) is 0 Å². The zero-order valence-corrected chi connectivity index (χ0v) is 6.89. The number of rotatable bonds is 3. The molecule has 4 heteroatoms. The van der Waals surface area contributed by atoms with Crippen molar-refractivity contribution in [2.24, 2.45) is 0 Å². The molecular weight excluding hydrogens is 164 g/mol. The summed E-state index contributed by atoms with van der Waals surface area (Å²) in [6, 6.07) is 0. The maximum Gasteiger partial charge on any atom is 0.303 e. The Balaban J connectivity index is 2.18. The Morgan fingerprint density at radius 1 is 1.73 bits per heavy atom. The average molecular weight is 174 g/mol. The molecule has 62 valence electrons. The summed E-state index contributed by atoms with van der Waals surface area (Å²) < 4.78 is 0. The quantitative estimate of drug-likeness (QED) is 0.700. The zero-order chi connectivity index (χ0) is 8.27. The van der Waals surface area contributed by atoms with Crippen molar-refractivity contribution in [3.05, 3.63) is 0 Å². The van der Waals surface area contributed by atoms with E-state index in [1.807, 2.05) is 0 Å². The Hall–Kier alpha value is -0.510. The Kier molecular flexibility index (Phi) is 2.93. The number of carbonyl (C=O) groups is 2. The summed E-state index contributed by atoms with van der Waals surface area (Å²) in [7, 11) is 0. The van der Waals surface area contributed by atoms with E-state index in [1.165, 1.54) is 11.8 Å². The van der Waals surface area contributed by atoms with E-state index < -0.39 is 5.97 Å². The van der Waals surface area contributed by atoms with Crippen molar-refractivity contribution in [1.82, 2.24) is 0 Å². The minimum atomic E-state index is -0.773. The van der Waals surface area contributed by atoms with Crippen molar-refractivity contribution in [1.29, 1.82) is 0 Å². The van der Waals surface area contributed by atoms with Crippen LogP contribution in [0.2, 0.25) is 0 Å². The maximum atomic E-state index is 10.7. The number of carboxylic acid groups (broad SMARTS) is 1. The van der Waals surface area contributed by atoms with Crippen LogP contribution < -0.4 is 0 Å². The van der Waals surface area contributed by atoms with Crippen LogP contribution in [0, 0.1) is 0 Å². The van der Waals surface area contributed by atoms with Crippen molar-refractivity contribution in [3.8, 4) is 0 Å². The van der Waals surface area contributed by atoms with Gasteiger partial charge in [0.1, 0.15) is 0 Å². The second kappa shape index (κ2) is 3.76. The van der Waals surface area contributed by atoms with Gasteiger partial charge in [-0.1, -0.05) is 11.8 Å². The lowest BCUT2D eigenvalue weighted by atomic mass is 10.1. The molecule has 1 aliphatic rings. The maximum absolute atomic E-state index is 10.7. The standard InChI is InChI=1S/C7H10O3S/c8-6(9)3-1-5-2-4-7(10)11-5/h5H,1-4H2,(H,8,9). The molecule has 1 fully saturated rings. The molecule has 3 nitrogen and oxygen atoms in total. The van der Waals surface area contributed by atoms with Crippen molar-refractivity contribution < 1.29 is 14.7 Å². The molecule has 1 saturated heterocycles. The lowest BCUT2D eigenvalue weighted by molar-refractivity contribution is -0.137. The first kappa shape index (κ1) is 8.59. The molecule has 0 bridgehead atoms. The fourth-order valence-corrected chi connectivity index (χ4v) is 2.15. The Labute approximate surface area is 69.2 Å². The molecule has 0 spiro atoms. The fraction of sp³-hybridized carbons (Fsp3) is 0.714. The Bertz CT molecular complexity index is 179. The molecule has 0 aromatic rings. The number of carboxylic acids is 1. The van der Waals surface area contributed by atoms with E-state index >= 15 is 0 Å². The second-order valence-electron chi connectivity index (χ2n) is 2.58. The minimum absolute atomic E-state index is 0.185. The third-order valence-corrected chi connectivity index (χ3v) is 2.92. The molecule has 0 amide bonds. The van der Waals surface area contributed by atoms with Gasteiger partial charge in [0.25, 0.3) is 0 Å². The van der Waals surface area contributed by atoms with Crippen LogP contribution in [-0.4, -0.2) is 21.4 Å². The topological polar surface area (TPSA) is 54.4 Å². The van der Waals surface area contributed by atoms with E-state index in [0.29, 0.717) is 12.8 Å². The highest BCUT2D eigenvalue weighted by Crippen LogP contribution is 2.30. The van der Waals surface area contributed by atoms with Gasteiger partial charge in [-0.05, 0) is 12.8 Å². The summed E-state index contributed by atoms with van der Waals surface area (Å²) in [6.45, 7) is 0. The fourth-order valence-electron chi connectivity index (χ4n) is 1.07. The third-order valence-electron chi connectivity index (χ3n) is 1.65. The second-order valence-corrected chi connectivity index (χ2v) is 3.94. The van der Waals surface area contributed by atoms with Crippen LogP contribution in [-0.2, 0) is 9.59 Å². The van der Waals surface area contributed by atoms with Crippen LogP contribution in [0.25, 0.3) is 0 Å². The first-order valence-electron chi connectivity index (χ1n) is 3.60. The van der Waals surface area contributed by atoms with Gasteiger partial charge in [-0.2, -0.15) is 0 Å². The van der Waals surface area contributed by atoms with Gasteiger partial charge in [-0.25, -0.2) is 0 Å². The number of thioether (sulfide) groups is 1. The molecule has 11 heavy (non-hydrogen) atoms. The van der Waals surface area contributed by atoms with E-state index in [0.717, 1.165) is 6.42 Å². The van der Waals surface area contributed by atoms with Crippen molar-refractivity contribution in [2.45, 2.75) is 30.9 Å². The first-order valence-corrected chi connectivity index (χ1v) is 4.47. The highest BCUT2D eigenvalue weighted by molar-refractivity contribution is 8.14. The number of carbonyl (C=O) groups excluding carboxylic acids is 1. The van der Waals surface area contributed by atoms with Gasteiger partial charge in [0, 0.05) is 18.1 Å². The normalized spacial score (nSPS) is 24.0. The van der Waals surface area contributed by atoms with Gasteiger partial charge < -0.3 is 5.11 Å². The molecule has 0 aromatic carbocycles. The average Bonchev–Trinajstić information content (AvgIpc) is 2.31. The van der Waals surface area contributed by atoms with Gasteiger partial charge in [-0.3, -0.25) is 9.59 Å². The van der Waals surface area contributed by atoms with Crippen LogP contribution in [0.15, 0.2) is 0 Å². The molecule has 0 aliphatic carbocycles. The van der Waals surface area contributed by atoms with Crippen molar-refractivity contribution >= 4 is 22.8 Å². The summed E-state index contributed by atoms with van der Waals surface area (Å²) in [5.74, 6) is -0.773. The predicted molar refractivity (Wildman–Crippen MR) is 42.5 cm³/mol. The van der Waals surface area contributed by atoms with Crippen LogP contribution in [0.3, 0.4) is 0 Å². The van der Waals surface area contributed by atoms with E-state index in [1.54, 1.807) is 0 Å². The lowest BCUT2D eigenvalue weighted by Gasteiger charge is -2.02. The molecule has 1 N–H and O–H groups in total. The van der Waals surface area contributed by atoms with Gasteiger partial charge in [0.2, 0.25) is 0 Å². The largest absolute Gasteiger partial charge is 0.481 e. The molecule has 0 aromatic heterocycles. The summed E-state index contributed by atoms with van der Waals surface area (Å²) in [5, 5.41) is 8.82. The number of aliphatic carboxylic acids is 1. The van der Waals surface area contributed by atoms with E-state index in [-0.39, 0.29) is 16.8 Å². The highest BCUT2D eigenvalue weighted by Gasteiger charge is 2.22. The molecule has 1 rings (SSSR count). The smallest absolute Gasteiger partial charge is 0.303 e. The van der Waals surface area contributed by atoms with Crippen LogP contribution in [0.4, 0.5) is 0 Å². The molecule has 1 unspecified atom stereocenters. The van der Waals surface area contributed by atoms with Crippen molar-refractivity contribution in [3.63, 3.8) is 0 Å². The van der Waals surface area contributed by atoms with Gasteiger partial charge >= 0.3 is 5.97 Å². The summed E-state index contributed by atoms with van der Waals surface area (Å²) in [4.78, 5) is 20.9. The third kappa shape index (κ3) is 2.93. The van der Waals surface area contributed by atoms with Gasteiger partial charge in [0.05, 0.1) is 0 Å². The molecular formula is C7H10O3S. The van der Waals surface area contributed by atoms with Crippen LogP contribution in [0.1, 0.15) is 25.7 Å². The highest BCUT2D eigenvalue weighted by atomic mass is 32.2. The molecule has 0 saturated carbocycles. The minimum Gasteiger partial charge on any atom is -0.481 e. The summed E-state index contributed by atoms with van der Waals surface area (Å²) >= 11 is 1.31. The molecule has 1 aliphatic heterocycles. The zero-order valence-electron chi connectivity index (χ0n) is 6.08. The molecule has 0 radical (unpaired) electrons. The van der Waals surface area contributed by atoms with Gasteiger partial charge in [-0.15, -0.1) is 0 Å². The van der Waals surface area contributed by atoms with E-state index in [9.17, 15) is 9.59 Å². The SMILES string of the molecule is O=C(O)CCC1CCC(=O)S1.